The molecule has 0 aliphatic heterocycles. The van der Waals surface area contributed by atoms with E-state index in [9.17, 15) is 0 Å². The number of carbonyl (C=O) groups is 1. The van der Waals surface area contributed by atoms with Gasteiger partial charge in [-0.2, -0.15) is 0 Å². The summed E-state index contributed by atoms with van der Waals surface area (Å²) in [5, 5.41) is 30.9. The highest BCUT2D eigenvalue weighted by molar-refractivity contribution is 5.69. The van der Waals surface area contributed by atoms with Gasteiger partial charge in [-0.1, -0.05) is 0 Å². The zero-order valence-corrected chi connectivity index (χ0v) is 9.50. The molecule has 0 bridgehead atoms. The van der Waals surface area contributed by atoms with Crippen LogP contribution in [0.2, 0.25) is 0 Å². The highest BCUT2D eigenvalue weighted by Gasteiger charge is 2.00. The number of rotatable bonds is 6. The quantitative estimate of drug-likeness (QED) is 0.220. The van der Waals surface area contributed by atoms with Crippen LogP contribution < -0.4 is 11.5 Å². The molecule has 102 valence electrons. The predicted molar refractivity (Wildman–Crippen MR) is 59.9 cm³/mol. The monoisotopic (exact) mass is 252 g/mol. The highest BCUT2D eigenvalue weighted by atomic mass is 16.3. The molecule has 0 saturated carbocycles. The number of nitrogens with two attached hydrogens (primary N) is 2. The van der Waals surface area contributed by atoms with Crippen LogP contribution in [0.4, 0.5) is 4.79 Å². The van der Waals surface area contributed by atoms with Gasteiger partial charge in [-0.05, 0) is 0 Å². The number of amides is 2. The summed E-state index contributed by atoms with van der Waals surface area (Å²) in [7, 11) is 0. The Balaban J connectivity index is -0.000000232. The standard InChI is InChI=1S/C6H15NO3.CH4N2O.CHNO/c8-4-1-7(2-5-9)3-6-10;2-1(3)4;2-1-3/h8-10H,1-6H2;(H4,2,3,4);2H. The summed E-state index contributed by atoms with van der Waals surface area (Å²) in [6.07, 6.45) is 0.750. The van der Waals surface area contributed by atoms with Crippen LogP contribution in [-0.4, -0.2) is 71.8 Å². The Morgan fingerprint density at radius 2 is 1.24 bits per heavy atom. The van der Waals surface area contributed by atoms with Crippen molar-refractivity contribution in [1.29, 1.82) is 5.41 Å². The van der Waals surface area contributed by atoms with Gasteiger partial charge < -0.3 is 26.8 Å². The second-order valence-electron chi connectivity index (χ2n) is 2.52. The fourth-order valence-corrected chi connectivity index (χ4v) is 0.760. The topological polar surface area (TPSA) is 174 Å². The molecule has 0 spiro atoms. The summed E-state index contributed by atoms with van der Waals surface area (Å²) >= 11 is 0. The Morgan fingerprint density at radius 1 is 1.06 bits per heavy atom. The summed E-state index contributed by atoms with van der Waals surface area (Å²) in [5.74, 6) is 0. The first kappa shape index (κ1) is 20.8. The minimum absolute atomic E-state index is 0.0694. The largest absolute Gasteiger partial charge is 0.395 e. The number of aliphatic hydroxyl groups is 3. The SMILES string of the molecule is N=C=O.NC(N)=O.OCCN(CCO)CCO. The van der Waals surface area contributed by atoms with Gasteiger partial charge in [0, 0.05) is 19.6 Å². The second kappa shape index (κ2) is 20.0. The number of urea groups is 1. The lowest BCUT2D eigenvalue weighted by atomic mass is 10.4. The van der Waals surface area contributed by atoms with E-state index < -0.39 is 6.03 Å². The molecule has 17 heavy (non-hydrogen) atoms. The molecule has 0 aromatic carbocycles. The third-order valence-electron chi connectivity index (χ3n) is 1.25. The van der Waals surface area contributed by atoms with E-state index >= 15 is 0 Å². The average Bonchev–Trinajstić information content (AvgIpc) is 2.19. The first-order chi connectivity index (χ1) is 7.99. The van der Waals surface area contributed by atoms with Gasteiger partial charge in [0.1, 0.15) is 0 Å². The number of nitrogens with one attached hydrogen (secondary N) is 1. The van der Waals surface area contributed by atoms with Crippen molar-refractivity contribution in [3.63, 3.8) is 0 Å². The number of aliphatic hydroxyl groups excluding tert-OH is 3. The van der Waals surface area contributed by atoms with E-state index in [2.05, 4.69) is 11.5 Å². The molecule has 0 aromatic rings. The number of isocyanates is 1. The molecule has 2 amide bonds. The van der Waals surface area contributed by atoms with Gasteiger partial charge in [0.2, 0.25) is 6.08 Å². The average molecular weight is 252 g/mol. The Kier molecular flexibility index (Phi) is 24.5. The summed E-state index contributed by atoms with van der Waals surface area (Å²) in [5.41, 5.74) is 8.50. The van der Waals surface area contributed by atoms with E-state index in [4.69, 9.17) is 30.3 Å². The van der Waals surface area contributed by atoms with Crippen LogP contribution in [0.15, 0.2) is 0 Å². The molecule has 0 heterocycles. The summed E-state index contributed by atoms with van der Waals surface area (Å²) < 4.78 is 0. The van der Waals surface area contributed by atoms with E-state index in [-0.39, 0.29) is 19.8 Å². The molecule has 9 heteroatoms. The molecule has 0 aliphatic carbocycles. The maximum absolute atomic E-state index is 9.00. The van der Waals surface area contributed by atoms with Gasteiger partial charge in [0.05, 0.1) is 19.8 Å². The van der Waals surface area contributed by atoms with Gasteiger partial charge in [-0.25, -0.2) is 15.0 Å². The number of hydrogen-bond donors (Lipinski definition) is 6. The Hall–Kier alpha value is -1.51. The number of primary amides is 2. The molecule has 0 atom stereocenters. The molecule has 0 fully saturated rings. The van der Waals surface area contributed by atoms with Crippen LogP contribution in [0, 0.1) is 5.41 Å². The lowest BCUT2D eigenvalue weighted by Crippen LogP contribution is -2.32. The third kappa shape index (κ3) is 40.3. The predicted octanol–water partition coefficient (Wildman–Crippen LogP) is -2.81. The van der Waals surface area contributed by atoms with Crippen molar-refractivity contribution in [2.75, 3.05) is 39.5 Å². The molecule has 8 N–H and O–H groups in total. The van der Waals surface area contributed by atoms with Crippen molar-refractivity contribution in [3.8, 4) is 0 Å². The minimum atomic E-state index is -0.833. The van der Waals surface area contributed by atoms with Crippen molar-refractivity contribution in [1.82, 2.24) is 4.90 Å². The smallest absolute Gasteiger partial charge is 0.309 e. The van der Waals surface area contributed by atoms with E-state index in [1.54, 1.807) is 4.90 Å². The number of hydrogen-bond acceptors (Lipinski definition) is 7. The maximum Gasteiger partial charge on any atom is 0.309 e. The normalized spacial score (nSPS) is 8.24. The van der Waals surface area contributed by atoms with Crippen molar-refractivity contribution >= 4 is 12.1 Å². The molecular weight excluding hydrogens is 232 g/mol. The zero-order chi connectivity index (χ0) is 14.1. The van der Waals surface area contributed by atoms with E-state index in [0.717, 1.165) is 6.08 Å². The van der Waals surface area contributed by atoms with Gasteiger partial charge in [-0.15, -0.1) is 0 Å². The molecule has 0 radical (unpaired) electrons. The number of carbonyl (C=O) groups excluding carboxylic acids is 2. The highest BCUT2D eigenvalue weighted by Crippen LogP contribution is 1.84. The van der Waals surface area contributed by atoms with Crippen LogP contribution in [-0.2, 0) is 4.79 Å². The zero-order valence-electron chi connectivity index (χ0n) is 9.50. The molecule has 0 aromatic heterocycles. The molecule has 0 rings (SSSR count). The van der Waals surface area contributed by atoms with E-state index in [0.29, 0.717) is 19.6 Å². The molecule has 0 unspecified atom stereocenters. The van der Waals surface area contributed by atoms with Gasteiger partial charge in [-0.3, -0.25) is 4.90 Å². The maximum atomic E-state index is 9.00. The summed E-state index contributed by atoms with van der Waals surface area (Å²) in [4.78, 5) is 19.1. The lowest BCUT2D eigenvalue weighted by Gasteiger charge is -2.17. The Morgan fingerprint density at radius 3 is 1.35 bits per heavy atom. The summed E-state index contributed by atoms with van der Waals surface area (Å²) in [6.45, 7) is 1.75. The van der Waals surface area contributed by atoms with Crippen LogP contribution in [0.25, 0.3) is 0 Å². The van der Waals surface area contributed by atoms with Gasteiger partial charge in [0.25, 0.3) is 0 Å². The molecule has 0 aliphatic rings. The second-order valence-corrected chi connectivity index (χ2v) is 2.52. The van der Waals surface area contributed by atoms with Crippen molar-refractivity contribution < 1.29 is 24.9 Å². The van der Waals surface area contributed by atoms with Gasteiger partial charge in [0.15, 0.2) is 0 Å². The first-order valence-electron chi connectivity index (χ1n) is 4.63. The molecular formula is C8H20N4O5. The molecule has 9 nitrogen and oxygen atoms in total. The fourth-order valence-electron chi connectivity index (χ4n) is 0.760. The first-order valence-corrected chi connectivity index (χ1v) is 4.63. The third-order valence-corrected chi connectivity index (χ3v) is 1.25. The van der Waals surface area contributed by atoms with Crippen LogP contribution in [0.1, 0.15) is 0 Å². The van der Waals surface area contributed by atoms with Crippen molar-refractivity contribution in [3.05, 3.63) is 0 Å². The lowest BCUT2D eigenvalue weighted by molar-refractivity contribution is 0.136. The van der Waals surface area contributed by atoms with Gasteiger partial charge >= 0.3 is 6.03 Å². The van der Waals surface area contributed by atoms with Crippen LogP contribution in [0.3, 0.4) is 0 Å². The Labute approximate surface area is 99.1 Å². The van der Waals surface area contributed by atoms with Crippen molar-refractivity contribution in [2.24, 2.45) is 11.5 Å². The van der Waals surface area contributed by atoms with Crippen LogP contribution >= 0.6 is 0 Å². The van der Waals surface area contributed by atoms with Crippen molar-refractivity contribution in [2.45, 2.75) is 0 Å². The van der Waals surface area contributed by atoms with E-state index in [1.807, 2.05) is 0 Å². The fraction of sp³-hybridized carbons (Fsp3) is 0.750. The minimum Gasteiger partial charge on any atom is -0.395 e. The van der Waals surface area contributed by atoms with Crippen LogP contribution in [0.5, 0.6) is 0 Å². The number of nitrogens with zero attached hydrogens (tertiary/aromatic N) is 1. The summed E-state index contributed by atoms with van der Waals surface area (Å²) in [6, 6.07) is -0.833. The molecule has 0 saturated heterocycles. The Bertz CT molecular complexity index is 178. The van der Waals surface area contributed by atoms with E-state index in [1.165, 1.54) is 0 Å².